The van der Waals surface area contributed by atoms with Gasteiger partial charge in [0.15, 0.2) is 15.1 Å². The van der Waals surface area contributed by atoms with Crippen molar-refractivity contribution in [2.45, 2.75) is 24.0 Å². The molecule has 0 N–H and O–H groups in total. The molecule has 0 spiro atoms. The fraction of sp³-hybridized carbons (Fsp3) is 0.188. The maximum atomic E-state index is 12.6. The highest BCUT2D eigenvalue weighted by Gasteiger charge is 2.31. The van der Waals surface area contributed by atoms with Gasteiger partial charge in [0, 0.05) is 0 Å². The molecule has 3 nitrogen and oxygen atoms in total. The Morgan fingerprint density at radius 2 is 1.50 bits per heavy atom. The minimum absolute atomic E-state index is 0.175. The molecule has 0 aliphatic rings. The van der Waals surface area contributed by atoms with Crippen LogP contribution < -0.4 is 0 Å². The molecule has 102 valence electrons. The van der Waals surface area contributed by atoms with Crippen molar-refractivity contribution >= 4 is 9.84 Å². The monoisotopic (exact) mass is 285 g/mol. The Labute approximate surface area is 119 Å². The maximum absolute atomic E-state index is 12.6. The number of nitrogens with zero attached hydrogens (tertiary/aromatic N) is 1. The van der Waals surface area contributed by atoms with Gasteiger partial charge >= 0.3 is 0 Å². The Balaban J connectivity index is 2.63. The molecular formula is C16H15NO2S. The van der Waals surface area contributed by atoms with Crippen molar-refractivity contribution in [1.82, 2.24) is 0 Å². The lowest BCUT2D eigenvalue weighted by Crippen LogP contribution is -2.14. The molecule has 2 rings (SSSR count). The summed E-state index contributed by atoms with van der Waals surface area (Å²) in [4.78, 5) is 0.175. The van der Waals surface area contributed by atoms with Gasteiger partial charge in [-0.1, -0.05) is 36.4 Å². The van der Waals surface area contributed by atoms with E-state index in [1.54, 1.807) is 18.2 Å². The summed E-state index contributed by atoms with van der Waals surface area (Å²) in [5, 5.41) is 8.22. The van der Waals surface area contributed by atoms with Crippen LogP contribution in [0.1, 0.15) is 21.9 Å². The highest BCUT2D eigenvalue weighted by Crippen LogP contribution is 2.32. The van der Waals surface area contributed by atoms with E-state index in [4.69, 9.17) is 0 Å². The summed E-state index contributed by atoms with van der Waals surface area (Å²) in [5.74, 6) is 0. The zero-order chi connectivity index (χ0) is 14.8. The second-order valence-corrected chi connectivity index (χ2v) is 6.71. The molecule has 1 atom stereocenters. The summed E-state index contributed by atoms with van der Waals surface area (Å²) >= 11 is 0. The molecule has 0 fully saturated rings. The molecule has 4 heteroatoms. The van der Waals surface area contributed by atoms with Gasteiger partial charge in [0.1, 0.15) is 0 Å². The zero-order valence-corrected chi connectivity index (χ0v) is 12.2. The molecule has 0 saturated heterocycles. The number of aryl methyl sites for hydroxylation is 2. The predicted molar refractivity (Wildman–Crippen MR) is 77.9 cm³/mol. The van der Waals surface area contributed by atoms with Gasteiger partial charge in [-0.2, -0.15) is 5.26 Å². The van der Waals surface area contributed by atoms with Crippen molar-refractivity contribution in [3.8, 4) is 6.07 Å². The molecule has 0 amide bonds. The molecule has 0 aliphatic heterocycles. The lowest BCUT2D eigenvalue weighted by molar-refractivity contribution is 0.590. The van der Waals surface area contributed by atoms with Crippen molar-refractivity contribution in [2.75, 3.05) is 0 Å². The van der Waals surface area contributed by atoms with Gasteiger partial charge in [0.2, 0.25) is 0 Å². The smallest absolute Gasteiger partial charge is 0.198 e. The lowest BCUT2D eigenvalue weighted by atomic mass is 10.0. The van der Waals surface area contributed by atoms with E-state index >= 15 is 0 Å². The average molecular weight is 285 g/mol. The normalized spacial score (nSPS) is 12.7. The van der Waals surface area contributed by atoms with Gasteiger partial charge in [-0.25, -0.2) is 8.42 Å². The standard InChI is InChI=1S/C16H15NO2S/c1-12-7-6-8-13(2)16(12)15(11-17)20(18,19)14-9-4-3-5-10-14/h3-10,15H,1-2H3. The predicted octanol–water partition coefficient (Wildman–Crippen LogP) is 3.34. The molecule has 0 saturated carbocycles. The van der Waals surface area contributed by atoms with Gasteiger partial charge in [-0.3, -0.25) is 0 Å². The van der Waals surface area contributed by atoms with Crippen LogP contribution in [-0.2, 0) is 9.84 Å². The number of sulfone groups is 1. The first kappa shape index (κ1) is 14.3. The molecule has 1 unspecified atom stereocenters. The lowest BCUT2D eigenvalue weighted by Gasteiger charge is -2.16. The van der Waals surface area contributed by atoms with Crippen LogP contribution in [0.3, 0.4) is 0 Å². The minimum Gasteiger partial charge on any atom is -0.222 e. The third-order valence-corrected chi connectivity index (χ3v) is 5.19. The molecule has 0 radical (unpaired) electrons. The molecule has 2 aromatic rings. The van der Waals surface area contributed by atoms with Crippen molar-refractivity contribution in [3.05, 3.63) is 65.2 Å². The third kappa shape index (κ3) is 2.45. The summed E-state index contributed by atoms with van der Waals surface area (Å²) in [6.45, 7) is 3.65. The van der Waals surface area contributed by atoms with Gasteiger partial charge in [-0.05, 0) is 42.7 Å². The van der Waals surface area contributed by atoms with E-state index in [0.717, 1.165) is 11.1 Å². The summed E-state index contributed by atoms with van der Waals surface area (Å²) in [7, 11) is -3.71. The number of benzene rings is 2. The second-order valence-electron chi connectivity index (χ2n) is 4.67. The minimum atomic E-state index is -3.71. The summed E-state index contributed by atoms with van der Waals surface area (Å²) in [6.07, 6.45) is 0. The quantitative estimate of drug-likeness (QED) is 0.869. The van der Waals surface area contributed by atoms with Crippen molar-refractivity contribution < 1.29 is 8.42 Å². The highest BCUT2D eigenvalue weighted by atomic mass is 32.2. The fourth-order valence-electron chi connectivity index (χ4n) is 2.28. The first-order valence-electron chi connectivity index (χ1n) is 6.23. The van der Waals surface area contributed by atoms with Crippen LogP contribution in [0.5, 0.6) is 0 Å². The largest absolute Gasteiger partial charge is 0.222 e. The Bertz CT molecular complexity index is 739. The molecule has 0 heterocycles. The first-order valence-corrected chi connectivity index (χ1v) is 7.78. The average Bonchev–Trinajstić information content (AvgIpc) is 2.43. The van der Waals surface area contributed by atoms with E-state index < -0.39 is 15.1 Å². The van der Waals surface area contributed by atoms with Gasteiger partial charge in [-0.15, -0.1) is 0 Å². The Hall–Kier alpha value is -2.12. The number of hydrogen-bond acceptors (Lipinski definition) is 3. The van der Waals surface area contributed by atoms with Crippen LogP contribution >= 0.6 is 0 Å². The maximum Gasteiger partial charge on any atom is 0.198 e. The summed E-state index contributed by atoms with van der Waals surface area (Å²) in [5.41, 5.74) is 2.21. The van der Waals surface area contributed by atoms with Crippen molar-refractivity contribution in [3.63, 3.8) is 0 Å². The molecule has 20 heavy (non-hydrogen) atoms. The molecular weight excluding hydrogens is 270 g/mol. The van der Waals surface area contributed by atoms with E-state index in [1.165, 1.54) is 12.1 Å². The van der Waals surface area contributed by atoms with Gasteiger partial charge < -0.3 is 0 Å². The topological polar surface area (TPSA) is 57.9 Å². The van der Waals surface area contributed by atoms with Crippen molar-refractivity contribution in [1.29, 1.82) is 5.26 Å². The van der Waals surface area contributed by atoms with Crippen LogP contribution in [0.25, 0.3) is 0 Å². The van der Waals surface area contributed by atoms with Crippen LogP contribution in [0.2, 0.25) is 0 Å². The number of hydrogen-bond donors (Lipinski definition) is 0. The second kappa shape index (κ2) is 5.48. The van der Waals surface area contributed by atoms with Crippen LogP contribution in [-0.4, -0.2) is 8.42 Å². The third-order valence-electron chi connectivity index (χ3n) is 3.30. The number of rotatable bonds is 3. The highest BCUT2D eigenvalue weighted by molar-refractivity contribution is 7.92. The SMILES string of the molecule is Cc1cccc(C)c1C(C#N)S(=O)(=O)c1ccccc1. The Morgan fingerprint density at radius 3 is 2.00 bits per heavy atom. The van der Waals surface area contributed by atoms with Crippen molar-refractivity contribution in [2.24, 2.45) is 0 Å². The number of nitriles is 1. The molecule has 0 bridgehead atoms. The van der Waals surface area contributed by atoms with Crippen LogP contribution in [0.15, 0.2) is 53.4 Å². The zero-order valence-electron chi connectivity index (χ0n) is 11.4. The van der Waals surface area contributed by atoms with E-state index in [0.29, 0.717) is 5.56 Å². The van der Waals surface area contributed by atoms with E-state index in [9.17, 15) is 13.7 Å². The van der Waals surface area contributed by atoms with Gasteiger partial charge in [0.05, 0.1) is 11.0 Å². The van der Waals surface area contributed by atoms with E-state index in [-0.39, 0.29) is 4.90 Å². The van der Waals surface area contributed by atoms with Gasteiger partial charge in [0.25, 0.3) is 0 Å². The van der Waals surface area contributed by atoms with E-state index in [1.807, 2.05) is 38.1 Å². The Morgan fingerprint density at radius 1 is 0.950 bits per heavy atom. The van der Waals surface area contributed by atoms with E-state index in [2.05, 4.69) is 0 Å². The van der Waals surface area contributed by atoms with Crippen LogP contribution in [0.4, 0.5) is 0 Å². The first-order chi connectivity index (χ1) is 9.48. The summed E-state index contributed by atoms with van der Waals surface area (Å²) < 4.78 is 25.3. The molecule has 0 aromatic heterocycles. The molecule has 0 aliphatic carbocycles. The molecule has 2 aromatic carbocycles. The summed E-state index contributed by atoms with van der Waals surface area (Å²) in [6, 6.07) is 15.6. The fourth-order valence-corrected chi connectivity index (χ4v) is 3.91. The van der Waals surface area contributed by atoms with Crippen LogP contribution in [0, 0.1) is 25.2 Å². The Kier molecular flexibility index (Phi) is 3.91.